The van der Waals surface area contributed by atoms with E-state index in [1.165, 1.54) is 11.5 Å². The zero-order valence-corrected chi connectivity index (χ0v) is 22.0. The zero-order valence-electron chi connectivity index (χ0n) is 22.0. The first-order valence-electron chi connectivity index (χ1n) is 12.4. The summed E-state index contributed by atoms with van der Waals surface area (Å²) in [4.78, 5) is 26.3. The Labute approximate surface area is 213 Å². The quantitative estimate of drug-likeness (QED) is 0.507. The van der Waals surface area contributed by atoms with Crippen molar-refractivity contribution in [3.05, 3.63) is 51.2 Å². The van der Waals surface area contributed by atoms with Crippen LogP contribution in [0.3, 0.4) is 0 Å². The molecule has 1 saturated heterocycles. The summed E-state index contributed by atoms with van der Waals surface area (Å²) in [7, 11) is 1.66. The fourth-order valence-electron chi connectivity index (χ4n) is 5.47. The van der Waals surface area contributed by atoms with Crippen LogP contribution < -0.4 is 10.6 Å². The number of hydrogen-bond donors (Lipinski definition) is 0. The number of aromatic nitrogens is 4. The van der Waals surface area contributed by atoms with Gasteiger partial charge in [-0.2, -0.15) is 23.4 Å². The van der Waals surface area contributed by atoms with Gasteiger partial charge >= 0.3 is 11.9 Å². The smallest absolute Gasteiger partial charge is 0.349 e. The fourth-order valence-corrected chi connectivity index (χ4v) is 5.47. The number of nitrogens with zero attached hydrogens (tertiary/aromatic N) is 7. The van der Waals surface area contributed by atoms with Crippen LogP contribution in [0.25, 0.3) is 11.2 Å². The van der Waals surface area contributed by atoms with Gasteiger partial charge in [0.25, 0.3) is 0 Å². The number of alkyl halides is 3. The van der Waals surface area contributed by atoms with Crippen molar-refractivity contribution in [2.45, 2.75) is 71.9 Å². The maximum Gasteiger partial charge on any atom is 0.416 e. The van der Waals surface area contributed by atoms with E-state index in [1.54, 1.807) is 19.2 Å². The van der Waals surface area contributed by atoms with E-state index in [9.17, 15) is 23.2 Å². The van der Waals surface area contributed by atoms with Crippen molar-refractivity contribution in [1.29, 1.82) is 5.26 Å². The predicted molar refractivity (Wildman–Crippen MR) is 135 cm³/mol. The Balaban J connectivity index is 1.67. The van der Waals surface area contributed by atoms with Crippen LogP contribution in [0.5, 0.6) is 0 Å². The summed E-state index contributed by atoms with van der Waals surface area (Å²) in [5.74, 6) is 1.09. The van der Waals surface area contributed by atoms with Gasteiger partial charge in [0.2, 0.25) is 0 Å². The number of halogens is 3. The van der Waals surface area contributed by atoms with Gasteiger partial charge in [0.15, 0.2) is 5.82 Å². The van der Waals surface area contributed by atoms with Crippen molar-refractivity contribution in [2.24, 2.45) is 7.05 Å². The lowest BCUT2D eigenvalue weighted by Crippen LogP contribution is -2.57. The van der Waals surface area contributed by atoms with Crippen LogP contribution in [0.2, 0.25) is 0 Å². The molecule has 0 bridgehead atoms. The standard InChI is InChI=1S/C26H32F3N7O/c1-7-34-21(10-11-30)31-22-23(32-25(37)33(6)24(22)34)36-14-16(3)35(13-17(36)4)18(5)19-8-9-20(15(2)12-19)26(27,28)29/h8-9,12,16-18H,7,10,13-14H2,1-6H3/t16-,17+,18?/m1/s1. The molecule has 11 heteroatoms. The molecule has 0 aliphatic carbocycles. The molecule has 2 aromatic heterocycles. The Morgan fingerprint density at radius 2 is 1.89 bits per heavy atom. The van der Waals surface area contributed by atoms with Gasteiger partial charge in [0.1, 0.15) is 17.0 Å². The van der Waals surface area contributed by atoms with E-state index in [0.29, 0.717) is 42.4 Å². The Morgan fingerprint density at radius 1 is 1.19 bits per heavy atom. The normalized spacial score (nSPS) is 19.8. The Morgan fingerprint density at radius 3 is 2.49 bits per heavy atom. The number of imidazole rings is 1. The van der Waals surface area contributed by atoms with Crippen LogP contribution in [-0.4, -0.2) is 49.2 Å². The third-order valence-corrected chi connectivity index (χ3v) is 7.43. The highest BCUT2D eigenvalue weighted by atomic mass is 19.4. The maximum absolute atomic E-state index is 13.2. The van der Waals surface area contributed by atoms with Gasteiger partial charge in [-0.1, -0.05) is 12.1 Å². The van der Waals surface area contributed by atoms with Crippen molar-refractivity contribution in [2.75, 3.05) is 18.0 Å². The fraction of sp³-hybridized carbons (Fsp3) is 0.538. The molecule has 1 fully saturated rings. The second-order valence-corrected chi connectivity index (χ2v) is 9.85. The molecule has 3 aromatic rings. The molecule has 1 aromatic carbocycles. The van der Waals surface area contributed by atoms with E-state index in [2.05, 4.69) is 27.8 Å². The van der Waals surface area contributed by atoms with Crippen molar-refractivity contribution >= 4 is 17.0 Å². The first-order chi connectivity index (χ1) is 17.4. The maximum atomic E-state index is 13.2. The number of fused-ring (bicyclic) bond motifs is 1. The zero-order chi connectivity index (χ0) is 27.2. The van der Waals surface area contributed by atoms with E-state index in [0.717, 1.165) is 11.6 Å². The van der Waals surface area contributed by atoms with Crippen LogP contribution >= 0.6 is 0 Å². The molecular formula is C26H32F3N7O. The van der Waals surface area contributed by atoms with Crippen molar-refractivity contribution in [1.82, 2.24) is 24.0 Å². The van der Waals surface area contributed by atoms with Gasteiger partial charge in [0.05, 0.1) is 18.1 Å². The second-order valence-electron chi connectivity index (χ2n) is 9.85. The lowest BCUT2D eigenvalue weighted by atomic mass is 9.97. The number of aryl methyl sites for hydroxylation is 3. The van der Waals surface area contributed by atoms with Crippen LogP contribution in [-0.2, 0) is 26.2 Å². The predicted octanol–water partition coefficient (Wildman–Crippen LogP) is 4.20. The molecule has 0 saturated carbocycles. The summed E-state index contributed by atoms with van der Waals surface area (Å²) < 4.78 is 43.1. The van der Waals surface area contributed by atoms with E-state index in [4.69, 9.17) is 4.98 Å². The summed E-state index contributed by atoms with van der Waals surface area (Å²) in [6.45, 7) is 11.3. The van der Waals surface area contributed by atoms with Gasteiger partial charge in [-0.15, -0.1) is 0 Å². The molecule has 0 amide bonds. The van der Waals surface area contributed by atoms with Crippen molar-refractivity contribution in [3.63, 3.8) is 0 Å². The van der Waals surface area contributed by atoms with Crippen LogP contribution in [0.4, 0.5) is 19.0 Å². The van der Waals surface area contributed by atoms with E-state index < -0.39 is 17.4 Å². The molecule has 1 aliphatic heterocycles. The van der Waals surface area contributed by atoms with Gasteiger partial charge < -0.3 is 9.47 Å². The van der Waals surface area contributed by atoms with E-state index >= 15 is 0 Å². The minimum absolute atomic E-state index is 0.0292. The number of piperazine rings is 1. The SMILES string of the molecule is CCn1c(CC#N)nc2c(N3C[C@@H](C)N(C(C)c4ccc(C(F)(F)F)c(C)c4)C[C@@H]3C)nc(=O)n(C)c21. The molecule has 3 atom stereocenters. The van der Waals surface area contributed by atoms with Gasteiger partial charge in [-0.05, 0) is 51.8 Å². The molecule has 3 heterocycles. The van der Waals surface area contributed by atoms with Crippen molar-refractivity contribution < 1.29 is 13.2 Å². The number of rotatable bonds is 5. The van der Waals surface area contributed by atoms with Gasteiger partial charge in [-0.25, -0.2) is 9.78 Å². The highest BCUT2D eigenvalue weighted by molar-refractivity contribution is 5.84. The molecule has 1 unspecified atom stereocenters. The first kappa shape index (κ1) is 26.7. The summed E-state index contributed by atoms with van der Waals surface area (Å²) in [5.41, 5.74) is 1.26. The highest BCUT2D eigenvalue weighted by Crippen LogP contribution is 2.36. The molecule has 37 heavy (non-hydrogen) atoms. The summed E-state index contributed by atoms with van der Waals surface area (Å²) in [6.07, 6.45) is -4.25. The van der Waals surface area contributed by atoms with Crippen molar-refractivity contribution in [3.8, 4) is 6.07 Å². The summed E-state index contributed by atoms with van der Waals surface area (Å²) >= 11 is 0. The monoisotopic (exact) mass is 515 g/mol. The van der Waals surface area contributed by atoms with E-state index in [1.807, 2.05) is 25.3 Å². The van der Waals surface area contributed by atoms with E-state index in [-0.39, 0.29) is 30.1 Å². The van der Waals surface area contributed by atoms with Crippen LogP contribution in [0.15, 0.2) is 23.0 Å². The molecule has 0 radical (unpaired) electrons. The third-order valence-electron chi connectivity index (χ3n) is 7.43. The molecule has 4 rings (SSSR count). The topological polar surface area (TPSA) is 83.0 Å². The molecule has 0 N–H and O–H groups in total. The van der Waals surface area contributed by atoms with Crippen LogP contribution in [0, 0.1) is 18.3 Å². The first-order valence-corrected chi connectivity index (χ1v) is 12.4. The van der Waals surface area contributed by atoms with Crippen LogP contribution in [0.1, 0.15) is 56.3 Å². The number of nitriles is 1. The Hall–Kier alpha value is -3.39. The average Bonchev–Trinajstić information content (AvgIpc) is 3.20. The molecule has 0 spiro atoms. The summed E-state index contributed by atoms with van der Waals surface area (Å²) in [6, 6.07) is 6.38. The average molecular weight is 516 g/mol. The molecule has 8 nitrogen and oxygen atoms in total. The number of benzene rings is 1. The minimum Gasteiger partial charge on any atom is -0.349 e. The lowest BCUT2D eigenvalue weighted by molar-refractivity contribution is -0.138. The second kappa shape index (κ2) is 9.82. The molecule has 198 valence electrons. The Bertz CT molecular complexity index is 1420. The largest absolute Gasteiger partial charge is 0.416 e. The van der Waals surface area contributed by atoms with Gasteiger partial charge in [0, 0.05) is 44.8 Å². The Kier molecular flexibility index (Phi) is 7.08. The lowest BCUT2D eigenvalue weighted by Gasteiger charge is -2.47. The number of anilines is 1. The third kappa shape index (κ3) is 4.70. The summed E-state index contributed by atoms with van der Waals surface area (Å²) in [5, 5.41) is 9.27. The molecular weight excluding hydrogens is 483 g/mol. The van der Waals surface area contributed by atoms with Gasteiger partial charge in [-0.3, -0.25) is 9.47 Å². The minimum atomic E-state index is -4.37. The molecule has 1 aliphatic rings. The highest BCUT2D eigenvalue weighted by Gasteiger charge is 2.36. The number of hydrogen-bond acceptors (Lipinski definition) is 6.